The van der Waals surface area contributed by atoms with Crippen LogP contribution in [-0.4, -0.2) is 31.1 Å². The van der Waals surface area contributed by atoms with Gasteiger partial charge in [-0.2, -0.15) is 0 Å². The van der Waals surface area contributed by atoms with Gasteiger partial charge in [-0.05, 0) is 43.4 Å². The SMILES string of the molecule is Cc1cc(Br)cc([C@H](C2CCCC2)N2CCNCC2)c1F.Cl. The lowest BCUT2D eigenvalue weighted by Gasteiger charge is -2.39. The molecular weight excluding hydrogens is 367 g/mol. The number of nitrogens with one attached hydrogen (secondary N) is 1. The number of hydrogen-bond acceptors (Lipinski definition) is 2. The molecule has 1 aromatic carbocycles. The molecule has 2 aliphatic rings. The summed E-state index contributed by atoms with van der Waals surface area (Å²) >= 11 is 3.55. The van der Waals surface area contributed by atoms with E-state index in [1.165, 1.54) is 25.7 Å². The van der Waals surface area contributed by atoms with Gasteiger partial charge >= 0.3 is 0 Å². The topological polar surface area (TPSA) is 15.3 Å². The molecule has 1 aliphatic carbocycles. The molecule has 1 atom stereocenters. The first-order valence-corrected chi connectivity index (χ1v) is 8.86. The van der Waals surface area contributed by atoms with Gasteiger partial charge in [0.2, 0.25) is 0 Å². The van der Waals surface area contributed by atoms with E-state index in [1.54, 1.807) is 0 Å². The Morgan fingerprint density at radius 3 is 2.50 bits per heavy atom. The molecule has 0 spiro atoms. The fourth-order valence-electron chi connectivity index (χ4n) is 3.95. The number of hydrogen-bond donors (Lipinski definition) is 1. The molecular formula is C17H25BrClFN2. The van der Waals surface area contributed by atoms with Crippen LogP contribution in [0.25, 0.3) is 0 Å². The lowest BCUT2D eigenvalue weighted by molar-refractivity contribution is 0.122. The second kappa shape index (κ2) is 8.09. The summed E-state index contributed by atoms with van der Waals surface area (Å²) in [6.45, 7) is 5.93. The fourth-order valence-corrected chi connectivity index (χ4v) is 4.54. The first kappa shape index (κ1) is 18.2. The third kappa shape index (κ3) is 3.84. The Balaban J connectivity index is 0.00000176. The van der Waals surface area contributed by atoms with Crippen molar-refractivity contribution in [1.29, 1.82) is 0 Å². The minimum atomic E-state index is -0.00590. The van der Waals surface area contributed by atoms with Crippen LogP contribution in [0.2, 0.25) is 0 Å². The monoisotopic (exact) mass is 390 g/mol. The Morgan fingerprint density at radius 1 is 1.23 bits per heavy atom. The van der Waals surface area contributed by atoms with Crippen LogP contribution < -0.4 is 5.32 Å². The van der Waals surface area contributed by atoms with Crippen LogP contribution in [0.1, 0.15) is 42.9 Å². The quantitative estimate of drug-likeness (QED) is 0.818. The van der Waals surface area contributed by atoms with Crippen LogP contribution in [0, 0.1) is 18.7 Å². The first-order chi connectivity index (χ1) is 10.2. The number of rotatable bonds is 3. The highest BCUT2D eigenvalue weighted by Gasteiger charge is 2.33. The summed E-state index contributed by atoms with van der Waals surface area (Å²) in [5.74, 6) is 0.597. The van der Waals surface area contributed by atoms with E-state index in [-0.39, 0.29) is 24.3 Å². The Bertz CT molecular complexity index is 500. The summed E-state index contributed by atoms with van der Waals surface area (Å²) < 4.78 is 15.8. The summed E-state index contributed by atoms with van der Waals surface area (Å²) in [4.78, 5) is 2.50. The lowest BCUT2D eigenvalue weighted by Crippen LogP contribution is -2.47. The molecule has 0 aromatic heterocycles. The van der Waals surface area contributed by atoms with Crippen molar-refractivity contribution in [3.63, 3.8) is 0 Å². The van der Waals surface area contributed by atoms with Crippen LogP contribution in [0.5, 0.6) is 0 Å². The Kier molecular flexibility index (Phi) is 6.69. The van der Waals surface area contributed by atoms with Crippen LogP contribution in [0.3, 0.4) is 0 Å². The Morgan fingerprint density at radius 2 is 1.86 bits per heavy atom. The van der Waals surface area contributed by atoms with Crippen molar-refractivity contribution in [2.75, 3.05) is 26.2 Å². The molecule has 2 fully saturated rings. The van der Waals surface area contributed by atoms with Crippen LogP contribution in [0.15, 0.2) is 16.6 Å². The van der Waals surface area contributed by atoms with Crippen LogP contribution in [-0.2, 0) is 0 Å². The zero-order valence-corrected chi connectivity index (χ0v) is 15.5. The van der Waals surface area contributed by atoms with E-state index in [1.807, 2.05) is 19.1 Å². The second-order valence-electron chi connectivity index (χ2n) is 6.40. The first-order valence-electron chi connectivity index (χ1n) is 8.07. The minimum absolute atomic E-state index is 0. The highest BCUT2D eigenvalue weighted by molar-refractivity contribution is 9.10. The van der Waals surface area contributed by atoms with E-state index >= 15 is 0 Å². The highest BCUT2D eigenvalue weighted by Crippen LogP contribution is 2.41. The van der Waals surface area contributed by atoms with Gasteiger partial charge in [0.1, 0.15) is 5.82 Å². The molecule has 1 N–H and O–H groups in total. The third-order valence-corrected chi connectivity index (χ3v) is 5.42. The predicted molar refractivity (Wildman–Crippen MR) is 95.2 cm³/mol. The maximum atomic E-state index is 14.8. The zero-order valence-electron chi connectivity index (χ0n) is 13.1. The van der Waals surface area contributed by atoms with Gasteiger partial charge in [-0.3, -0.25) is 4.90 Å². The molecule has 124 valence electrons. The molecule has 0 radical (unpaired) electrons. The number of halogens is 3. The second-order valence-corrected chi connectivity index (χ2v) is 7.32. The molecule has 2 nitrogen and oxygen atoms in total. The van der Waals surface area contributed by atoms with Crippen molar-refractivity contribution in [2.24, 2.45) is 5.92 Å². The van der Waals surface area contributed by atoms with Gasteiger partial charge in [0.25, 0.3) is 0 Å². The highest BCUT2D eigenvalue weighted by atomic mass is 79.9. The van der Waals surface area contributed by atoms with E-state index < -0.39 is 0 Å². The van der Waals surface area contributed by atoms with Crippen molar-refractivity contribution in [1.82, 2.24) is 10.2 Å². The fraction of sp³-hybridized carbons (Fsp3) is 0.647. The summed E-state index contributed by atoms with van der Waals surface area (Å²) in [7, 11) is 0. The summed E-state index contributed by atoms with van der Waals surface area (Å²) in [5, 5.41) is 3.40. The molecule has 1 heterocycles. The lowest BCUT2D eigenvalue weighted by atomic mass is 9.88. The van der Waals surface area contributed by atoms with Gasteiger partial charge in [-0.1, -0.05) is 28.8 Å². The molecule has 0 amide bonds. The van der Waals surface area contributed by atoms with Gasteiger partial charge in [0.15, 0.2) is 0 Å². The molecule has 5 heteroatoms. The molecule has 0 bridgehead atoms. The largest absolute Gasteiger partial charge is 0.314 e. The van der Waals surface area contributed by atoms with Crippen molar-refractivity contribution in [2.45, 2.75) is 38.6 Å². The van der Waals surface area contributed by atoms with Crippen molar-refractivity contribution < 1.29 is 4.39 Å². The average molecular weight is 392 g/mol. The predicted octanol–water partition coefficient (Wildman–Crippen LogP) is 4.45. The molecule has 22 heavy (non-hydrogen) atoms. The standard InChI is InChI=1S/C17H24BrFN2.ClH/c1-12-10-14(18)11-15(16(12)19)17(13-4-2-3-5-13)21-8-6-20-7-9-21;/h10-11,13,17,20H,2-9H2,1H3;1H/t17-;/m0./s1. The van der Waals surface area contributed by atoms with Crippen molar-refractivity contribution in [3.05, 3.63) is 33.5 Å². The normalized spacial score (nSPS) is 21.6. The Labute approximate surface area is 147 Å². The smallest absolute Gasteiger partial charge is 0.130 e. The number of piperazine rings is 1. The molecule has 1 saturated heterocycles. The molecule has 0 unspecified atom stereocenters. The van der Waals surface area contributed by atoms with Crippen LogP contribution >= 0.6 is 28.3 Å². The molecule has 3 rings (SSSR count). The summed E-state index contributed by atoms with van der Waals surface area (Å²) in [5.41, 5.74) is 1.65. The van der Waals surface area contributed by atoms with Gasteiger partial charge in [0.05, 0.1) is 0 Å². The van der Waals surface area contributed by atoms with Gasteiger partial charge in [-0.25, -0.2) is 4.39 Å². The van der Waals surface area contributed by atoms with Gasteiger partial charge < -0.3 is 5.32 Å². The van der Waals surface area contributed by atoms with Gasteiger partial charge in [-0.15, -0.1) is 12.4 Å². The van der Waals surface area contributed by atoms with Crippen molar-refractivity contribution >= 4 is 28.3 Å². The Hall–Kier alpha value is -0.160. The minimum Gasteiger partial charge on any atom is -0.314 e. The van der Waals surface area contributed by atoms with E-state index in [9.17, 15) is 4.39 Å². The van der Waals surface area contributed by atoms with E-state index in [0.717, 1.165) is 41.8 Å². The summed E-state index contributed by atoms with van der Waals surface area (Å²) in [6, 6.07) is 4.13. The number of aryl methyl sites for hydroxylation is 1. The molecule has 1 saturated carbocycles. The van der Waals surface area contributed by atoms with E-state index in [4.69, 9.17) is 0 Å². The number of nitrogens with zero attached hydrogens (tertiary/aromatic N) is 1. The van der Waals surface area contributed by atoms with Gasteiger partial charge in [0, 0.05) is 42.3 Å². The summed E-state index contributed by atoms with van der Waals surface area (Å²) in [6.07, 6.45) is 5.06. The average Bonchev–Trinajstić information content (AvgIpc) is 2.99. The molecule has 1 aliphatic heterocycles. The maximum absolute atomic E-state index is 14.8. The van der Waals surface area contributed by atoms with Crippen LogP contribution in [0.4, 0.5) is 4.39 Å². The van der Waals surface area contributed by atoms with E-state index in [0.29, 0.717) is 5.92 Å². The van der Waals surface area contributed by atoms with E-state index in [2.05, 4.69) is 26.1 Å². The zero-order chi connectivity index (χ0) is 14.8. The third-order valence-electron chi connectivity index (χ3n) is 4.96. The number of benzene rings is 1. The van der Waals surface area contributed by atoms with Crippen molar-refractivity contribution in [3.8, 4) is 0 Å². The maximum Gasteiger partial charge on any atom is 0.130 e. The molecule has 1 aromatic rings.